The molecule has 2 amide bonds. The zero-order valence-electron chi connectivity index (χ0n) is 23.4. The zero-order valence-corrected chi connectivity index (χ0v) is 25.0. The van der Waals surface area contributed by atoms with Gasteiger partial charge in [-0.2, -0.15) is 0 Å². The van der Waals surface area contributed by atoms with Crippen LogP contribution in [-0.2, 0) is 9.53 Å². The first-order valence-electron chi connectivity index (χ1n) is 13.5. The molecule has 2 atom stereocenters. The number of alkyl carbamates (subject to hydrolysis) is 1. The van der Waals surface area contributed by atoms with Crippen LogP contribution in [0.25, 0.3) is 27.1 Å². The summed E-state index contributed by atoms with van der Waals surface area (Å²) < 4.78 is 5.81. The van der Waals surface area contributed by atoms with E-state index in [0.29, 0.717) is 6.54 Å². The Morgan fingerprint density at radius 2 is 1.72 bits per heavy atom. The van der Waals surface area contributed by atoms with Gasteiger partial charge in [-0.3, -0.25) is 4.79 Å². The summed E-state index contributed by atoms with van der Waals surface area (Å²) in [5.74, 6) is 0.0933. The average Bonchev–Trinajstić information content (AvgIpc) is 3.40. The van der Waals surface area contributed by atoms with Gasteiger partial charge in [-0.1, -0.05) is 80.5 Å². The van der Waals surface area contributed by atoms with Crippen molar-refractivity contribution in [1.82, 2.24) is 15.5 Å². The second kappa shape index (κ2) is 12.2. The average molecular weight is 593 g/mol. The van der Waals surface area contributed by atoms with Crippen molar-refractivity contribution in [3.63, 3.8) is 0 Å². The maximum absolute atomic E-state index is 13.4. The van der Waals surface area contributed by atoms with Gasteiger partial charge in [-0.05, 0) is 75.6 Å². The largest absolute Gasteiger partial charge is 0.453 e. The highest BCUT2D eigenvalue weighted by Crippen LogP contribution is 2.32. The van der Waals surface area contributed by atoms with Gasteiger partial charge in [0.15, 0.2) is 0 Å². The highest BCUT2D eigenvalue weighted by Gasteiger charge is 2.36. The van der Waals surface area contributed by atoms with E-state index in [-0.39, 0.29) is 23.8 Å². The molecule has 1 saturated heterocycles. The van der Waals surface area contributed by atoms with Crippen LogP contribution in [0.15, 0.2) is 71.5 Å². The number of likely N-dealkylation sites (tertiary alicyclic amines) is 1. The number of fused-ring (bicyclic) bond motifs is 3. The standard InChI is InChI=1S/C32H38BrN3O3/c1-19(2)28(23-11-13-26-22(16-23)9-10-24-17-25(33)12-14-27(24)26)18-34-21(5)29-8-7-15-36(29)31(37)30(20(3)4)35-32(38)39-6/h9-14,16-20,29-30,34H,5,7-8,15H2,1-4,6H3,(H,35,38)/b28-18+. The summed E-state index contributed by atoms with van der Waals surface area (Å²) >= 11 is 3.57. The molecule has 3 aromatic carbocycles. The van der Waals surface area contributed by atoms with Crippen LogP contribution >= 0.6 is 15.9 Å². The summed E-state index contributed by atoms with van der Waals surface area (Å²) in [6, 6.07) is 16.5. The van der Waals surface area contributed by atoms with Crippen molar-refractivity contribution in [3.8, 4) is 0 Å². The number of ether oxygens (including phenoxy) is 1. The van der Waals surface area contributed by atoms with E-state index in [1.54, 1.807) is 0 Å². The predicted octanol–water partition coefficient (Wildman–Crippen LogP) is 7.23. The molecule has 1 aliphatic rings. The maximum atomic E-state index is 13.4. The maximum Gasteiger partial charge on any atom is 0.407 e. The lowest BCUT2D eigenvalue weighted by Gasteiger charge is -2.31. The minimum atomic E-state index is -0.651. The van der Waals surface area contributed by atoms with Crippen molar-refractivity contribution >= 4 is 55.0 Å². The van der Waals surface area contributed by atoms with Gasteiger partial charge in [0.05, 0.1) is 13.2 Å². The zero-order chi connectivity index (χ0) is 28.3. The molecule has 1 fully saturated rings. The molecule has 2 N–H and O–H groups in total. The number of nitrogens with one attached hydrogen (secondary N) is 2. The molecule has 3 aromatic rings. The summed E-state index contributed by atoms with van der Waals surface area (Å²) in [5.41, 5.74) is 3.09. The molecular weight excluding hydrogens is 554 g/mol. The van der Waals surface area contributed by atoms with Gasteiger partial charge in [0.25, 0.3) is 0 Å². The monoisotopic (exact) mass is 591 g/mol. The molecule has 39 heavy (non-hydrogen) atoms. The molecule has 1 heterocycles. The van der Waals surface area contributed by atoms with Crippen molar-refractivity contribution in [3.05, 3.63) is 77.0 Å². The summed E-state index contributed by atoms with van der Waals surface area (Å²) in [6.07, 6.45) is 3.14. The molecule has 0 bridgehead atoms. The number of carbonyl (C=O) groups is 2. The summed E-state index contributed by atoms with van der Waals surface area (Å²) in [5, 5.41) is 11.0. The molecule has 6 nitrogen and oxygen atoms in total. The van der Waals surface area contributed by atoms with Crippen LogP contribution in [0, 0.1) is 11.8 Å². The van der Waals surface area contributed by atoms with E-state index in [0.717, 1.165) is 34.1 Å². The van der Waals surface area contributed by atoms with Crippen molar-refractivity contribution in [1.29, 1.82) is 0 Å². The van der Waals surface area contributed by atoms with E-state index in [4.69, 9.17) is 4.74 Å². The Kier molecular flexibility index (Phi) is 9.01. The normalized spacial score (nSPS) is 16.7. The second-order valence-electron chi connectivity index (χ2n) is 10.8. The SMILES string of the molecule is C=C(N/C=C(/c1ccc2c(ccc3cc(Br)ccc32)c1)C(C)C)C1CCCN1C(=O)C(NC(=O)OC)C(C)C. The van der Waals surface area contributed by atoms with Crippen LogP contribution in [-0.4, -0.2) is 42.6 Å². The number of benzene rings is 3. The first-order valence-corrected chi connectivity index (χ1v) is 14.3. The molecule has 0 spiro atoms. The molecule has 206 valence electrons. The number of rotatable bonds is 8. The Bertz CT molecular complexity index is 1430. The van der Waals surface area contributed by atoms with Crippen LogP contribution in [0.2, 0.25) is 0 Å². The van der Waals surface area contributed by atoms with Crippen LogP contribution in [0.5, 0.6) is 0 Å². The third kappa shape index (κ3) is 6.30. The van der Waals surface area contributed by atoms with Gasteiger partial charge in [-0.15, -0.1) is 0 Å². The summed E-state index contributed by atoms with van der Waals surface area (Å²) in [4.78, 5) is 27.1. The quantitative estimate of drug-likeness (QED) is 0.271. The Labute approximate surface area is 239 Å². The Hall–Kier alpha value is -3.32. The van der Waals surface area contributed by atoms with Gasteiger partial charge in [0.2, 0.25) is 5.91 Å². The van der Waals surface area contributed by atoms with Crippen LogP contribution in [0.4, 0.5) is 4.79 Å². The number of allylic oxidation sites excluding steroid dienone is 1. The van der Waals surface area contributed by atoms with Crippen LogP contribution in [0.3, 0.4) is 0 Å². The van der Waals surface area contributed by atoms with Crippen LogP contribution < -0.4 is 10.6 Å². The molecule has 1 aliphatic heterocycles. The minimum absolute atomic E-state index is 0.0712. The van der Waals surface area contributed by atoms with E-state index in [9.17, 15) is 9.59 Å². The molecular formula is C32H38BrN3O3. The van der Waals surface area contributed by atoms with Gasteiger partial charge in [0.1, 0.15) is 6.04 Å². The second-order valence-corrected chi connectivity index (χ2v) is 11.8. The lowest BCUT2D eigenvalue weighted by Crippen LogP contribution is -2.53. The van der Waals surface area contributed by atoms with E-state index in [1.165, 1.54) is 28.7 Å². The summed E-state index contributed by atoms with van der Waals surface area (Å²) in [7, 11) is 1.30. The van der Waals surface area contributed by atoms with Gasteiger partial charge in [-0.25, -0.2) is 4.79 Å². The first-order chi connectivity index (χ1) is 18.6. The fourth-order valence-corrected chi connectivity index (χ4v) is 5.72. The Balaban J connectivity index is 1.55. The van der Waals surface area contributed by atoms with E-state index >= 15 is 0 Å². The van der Waals surface area contributed by atoms with Gasteiger partial charge < -0.3 is 20.3 Å². The minimum Gasteiger partial charge on any atom is -0.453 e. The molecule has 0 radical (unpaired) electrons. The van der Waals surface area contributed by atoms with Gasteiger partial charge >= 0.3 is 6.09 Å². The van der Waals surface area contributed by atoms with E-state index < -0.39 is 12.1 Å². The third-order valence-corrected chi connectivity index (χ3v) is 7.99. The number of hydrogen-bond donors (Lipinski definition) is 2. The van der Waals surface area contributed by atoms with Crippen molar-refractivity contribution in [2.45, 2.75) is 52.6 Å². The highest BCUT2D eigenvalue weighted by atomic mass is 79.9. The Morgan fingerprint density at radius 1 is 1.05 bits per heavy atom. The highest BCUT2D eigenvalue weighted by molar-refractivity contribution is 9.10. The number of amides is 2. The van der Waals surface area contributed by atoms with Gasteiger partial charge in [0, 0.05) is 22.9 Å². The number of hydrogen-bond acceptors (Lipinski definition) is 4. The molecule has 0 aromatic heterocycles. The lowest BCUT2D eigenvalue weighted by molar-refractivity contribution is -0.134. The lowest BCUT2D eigenvalue weighted by atomic mass is 9.93. The number of halogens is 1. The van der Waals surface area contributed by atoms with Crippen molar-refractivity contribution in [2.75, 3.05) is 13.7 Å². The van der Waals surface area contributed by atoms with Crippen molar-refractivity contribution in [2.24, 2.45) is 11.8 Å². The molecule has 2 unspecified atom stereocenters. The van der Waals surface area contributed by atoms with E-state index in [2.05, 4.69) is 95.5 Å². The first kappa shape index (κ1) is 28.7. The topological polar surface area (TPSA) is 70.7 Å². The molecule has 0 saturated carbocycles. The number of carbonyl (C=O) groups excluding carboxylic acids is 2. The molecule has 7 heteroatoms. The fraction of sp³-hybridized carbons (Fsp3) is 0.375. The molecule has 0 aliphatic carbocycles. The van der Waals surface area contributed by atoms with E-state index in [1.807, 2.05) is 24.9 Å². The fourth-order valence-electron chi connectivity index (χ4n) is 5.34. The van der Waals surface area contributed by atoms with Crippen LogP contribution in [0.1, 0.15) is 46.1 Å². The Morgan fingerprint density at radius 3 is 2.36 bits per heavy atom. The smallest absolute Gasteiger partial charge is 0.407 e. The summed E-state index contributed by atoms with van der Waals surface area (Å²) in [6.45, 7) is 13.1. The predicted molar refractivity (Wildman–Crippen MR) is 163 cm³/mol. The number of nitrogens with zero attached hydrogens (tertiary/aromatic N) is 1. The third-order valence-electron chi connectivity index (χ3n) is 7.50. The molecule has 4 rings (SSSR count). The number of methoxy groups -OCH3 is 1. The van der Waals surface area contributed by atoms with Crippen molar-refractivity contribution < 1.29 is 14.3 Å².